The molecule has 110 valence electrons. The van der Waals surface area contributed by atoms with Gasteiger partial charge in [-0.15, -0.1) is 0 Å². The van der Waals surface area contributed by atoms with Gasteiger partial charge in [0.05, 0.1) is 4.47 Å². The summed E-state index contributed by atoms with van der Waals surface area (Å²) in [6.07, 6.45) is 4.65. The van der Waals surface area contributed by atoms with Crippen molar-refractivity contribution in [1.29, 1.82) is 0 Å². The van der Waals surface area contributed by atoms with Crippen molar-refractivity contribution in [3.8, 4) is 11.5 Å². The number of benzene rings is 1. The minimum atomic E-state index is 0.606. The average molecular weight is 349 g/mol. The van der Waals surface area contributed by atoms with Crippen LogP contribution in [0.5, 0.6) is 11.5 Å². The lowest BCUT2D eigenvalue weighted by Crippen LogP contribution is -2.18. The van der Waals surface area contributed by atoms with E-state index in [1.807, 2.05) is 30.6 Å². The lowest BCUT2D eigenvalue weighted by atomic mass is 10.1. The predicted octanol–water partition coefficient (Wildman–Crippen LogP) is 2.95. The molecule has 4 nitrogen and oxygen atoms in total. The summed E-state index contributed by atoms with van der Waals surface area (Å²) < 4.78 is 12.2. The van der Waals surface area contributed by atoms with Crippen molar-refractivity contribution in [3.63, 3.8) is 0 Å². The third-order valence-corrected chi connectivity index (χ3v) is 3.91. The first kappa shape index (κ1) is 14.4. The van der Waals surface area contributed by atoms with E-state index in [1.54, 1.807) is 0 Å². The standard InChI is InChI=1S/C16H17BrN2O2/c17-14-9-13(10-15-16(14)21-8-7-20-15)11-19-6-3-12-1-4-18-5-2-12/h1-2,4-5,9-10,19H,3,6-8,11H2. The van der Waals surface area contributed by atoms with Crippen LogP contribution in [0.3, 0.4) is 0 Å². The molecule has 0 saturated heterocycles. The van der Waals surface area contributed by atoms with Crippen molar-refractivity contribution < 1.29 is 9.47 Å². The Morgan fingerprint density at radius 3 is 2.76 bits per heavy atom. The number of fused-ring (bicyclic) bond motifs is 1. The summed E-state index contributed by atoms with van der Waals surface area (Å²) in [5.41, 5.74) is 2.47. The zero-order valence-corrected chi connectivity index (χ0v) is 13.2. The molecule has 21 heavy (non-hydrogen) atoms. The fourth-order valence-electron chi connectivity index (χ4n) is 2.28. The number of hydrogen-bond acceptors (Lipinski definition) is 4. The summed E-state index contributed by atoms with van der Waals surface area (Å²) in [4.78, 5) is 4.02. The summed E-state index contributed by atoms with van der Waals surface area (Å²) in [5.74, 6) is 1.63. The highest BCUT2D eigenvalue weighted by atomic mass is 79.9. The van der Waals surface area contributed by atoms with E-state index in [0.717, 1.165) is 35.5 Å². The van der Waals surface area contributed by atoms with E-state index in [2.05, 4.69) is 32.3 Å². The molecule has 0 fully saturated rings. The molecule has 3 rings (SSSR count). The molecule has 5 heteroatoms. The molecular formula is C16H17BrN2O2. The maximum atomic E-state index is 5.63. The van der Waals surface area contributed by atoms with Gasteiger partial charge in [0.15, 0.2) is 11.5 Å². The molecule has 1 aliphatic rings. The second-order valence-electron chi connectivity index (χ2n) is 4.88. The van der Waals surface area contributed by atoms with Crippen LogP contribution < -0.4 is 14.8 Å². The van der Waals surface area contributed by atoms with Crippen molar-refractivity contribution in [1.82, 2.24) is 10.3 Å². The van der Waals surface area contributed by atoms with E-state index in [9.17, 15) is 0 Å². The van der Waals surface area contributed by atoms with Gasteiger partial charge in [0, 0.05) is 18.9 Å². The van der Waals surface area contributed by atoms with E-state index in [-0.39, 0.29) is 0 Å². The summed E-state index contributed by atoms with van der Waals surface area (Å²) in [5, 5.41) is 3.45. The predicted molar refractivity (Wildman–Crippen MR) is 84.8 cm³/mol. The van der Waals surface area contributed by atoms with Gasteiger partial charge in [0.2, 0.25) is 0 Å². The zero-order valence-electron chi connectivity index (χ0n) is 11.6. The Kier molecular flexibility index (Phi) is 4.72. The lowest BCUT2D eigenvalue weighted by molar-refractivity contribution is 0.170. The number of rotatable bonds is 5. The minimum Gasteiger partial charge on any atom is -0.486 e. The molecule has 1 aromatic heterocycles. The second kappa shape index (κ2) is 6.91. The molecule has 0 bridgehead atoms. The molecule has 1 aliphatic heterocycles. The van der Waals surface area contributed by atoms with Crippen LogP contribution in [0.2, 0.25) is 0 Å². The monoisotopic (exact) mass is 348 g/mol. The summed E-state index contributed by atoms with van der Waals surface area (Å²) in [6, 6.07) is 8.20. The SMILES string of the molecule is Brc1cc(CNCCc2ccncc2)cc2c1OCCO2. The second-order valence-corrected chi connectivity index (χ2v) is 5.74. The fraction of sp³-hybridized carbons (Fsp3) is 0.312. The summed E-state index contributed by atoms with van der Waals surface area (Å²) >= 11 is 3.54. The number of aromatic nitrogens is 1. The third-order valence-electron chi connectivity index (χ3n) is 3.33. The highest BCUT2D eigenvalue weighted by molar-refractivity contribution is 9.10. The van der Waals surface area contributed by atoms with Crippen molar-refractivity contribution in [2.75, 3.05) is 19.8 Å². The first-order chi connectivity index (χ1) is 10.3. The summed E-state index contributed by atoms with van der Waals surface area (Å²) in [6.45, 7) is 2.95. The topological polar surface area (TPSA) is 43.4 Å². The van der Waals surface area contributed by atoms with E-state index < -0.39 is 0 Å². The Balaban J connectivity index is 1.55. The molecule has 2 aromatic rings. The number of ether oxygens (including phenoxy) is 2. The molecule has 1 aromatic carbocycles. The average Bonchev–Trinajstić information content (AvgIpc) is 2.53. The molecular weight excluding hydrogens is 332 g/mol. The van der Waals surface area contributed by atoms with E-state index in [0.29, 0.717) is 13.2 Å². The van der Waals surface area contributed by atoms with Crippen LogP contribution in [0, 0.1) is 0 Å². The largest absolute Gasteiger partial charge is 0.486 e. The van der Waals surface area contributed by atoms with Gasteiger partial charge in [0.25, 0.3) is 0 Å². The van der Waals surface area contributed by atoms with Gasteiger partial charge >= 0.3 is 0 Å². The smallest absolute Gasteiger partial charge is 0.175 e. The van der Waals surface area contributed by atoms with Crippen LogP contribution in [-0.4, -0.2) is 24.7 Å². The molecule has 0 radical (unpaired) electrons. The first-order valence-corrected chi connectivity index (χ1v) is 7.80. The van der Waals surface area contributed by atoms with Crippen molar-refractivity contribution >= 4 is 15.9 Å². The molecule has 0 atom stereocenters. The minimum absolute atomic E-state index is 0.606. The van der Waals surface area contributed by atoms with Gasteiger partial charge in [-0.1, -0.05) is 0 Å². The quantitative estimate of drug-likeness (QED) is 0.843. The molecule has 0 aliphatic carbocycles. The lowest BCUT2D eigenvalue weighted by Gasteiger charge is -2.20. The van der Waals surface area contributed by atoms with Crippen molar-refractivity contribution in [2.24, 2.45) is 0 Å². The molecule has 0 saturated carbocycles. The van der Waals surface area contributed by atoms with Gasteiger partial charge in [-0.25, -0.2) is 0 Å². The highest BCUT2D eigenvalue weighted by Crippen LogP contribution is 2.38. The Labute approximate surface area is 132 Å². The molecule has 0 spiro atoms. The van der Waals surface area contributed by atoms with Crippen molar-refractivity contribution in [2.45, 2.75) is 13.0 Å². The van der Waals surface area contributed by atoms with Gasteiger partial charge in [-0.05, 0) is 64.3 Å². The fourth-order valence-corrected chi connectivity index (χ4v) is 2.89. The Bertz CT molecular complexity index is 605. The normalized spacial score (nSPS) is 13.2. The number of pyridine rings is 1. The molecule has 2 heterocycles. The number of nitrogens with one attached hydrogen (secondary N) is 1. The third kappa shape index (κ3) is 3.74. The highest BCUT2D eigenvalue weighted by Gasteiger charge is 2.15. The summed E-state index contributed by atoms with van der Waals surface area (Å²) in [7, 11) is 0. The molecule has 1 N–H and O–H groups in total. The van der Waals surface area contributed by atoms with Crippen molar-refractivity contribution in [3.05, 3.63) is 52.3 Å². The molecule has 0 amide bonds. The van der Waals surface area contributed by atoms with E-state index in [4.69, 9.17) is 9.47 Å². The van der Waals surface area contributed by atoms with Crippen LogP contribution in [0.15, 0.2) is 41.1 Å². The van der Waals surface area contributed by atoms with Crippen LogP contribution in [-0.2, 0) is 13.0 Å². The number of hydrogen-bond donors (Lipinski definition) is 1. The van der Waals surface area contributed by atoms with Gasteiger partial charge in [-0.3, -0.25) is 4.98 Å². The van der Waals surface area contributed by atoms with Gasteiger partial charge in [0.1, 0.15) is 13.2 Å². The zero-order chi connectivity index (χ0) is 14.5. The van der Waals surface area contributed by atoms with E-state index in [1.165, 1.54) is 11.1 Å². The van der Waals surface area contributed by atoms with Gasteiger partial charge in [-0.2, -0.15) is 0 Å². The number of nitrogens with zero attached hydrogens (tertiary/aromatic N) is 1. The van der Waals surface area contributed by atoms with Crippen LogP contribution >= 0.6 is 15.9 Å². The maximum absolute atomic E-state index is 5.63. The van der Waals surface area contributed by atoms with E-state index >= 15 is 0 Å². The number of halogens is 1. The van der Waals surface area contributed by atoms with Gasteiger partial charge < -0.3 is 14.8 Å². The Morgan fingerprint density at radius 2 is 1.90 bits per heavy atom. The Hall–Kier alpha value is -1.59. The van der Waals surface area contributed by atoms with Crippen LogP contribution in [0.1, 0.15) is 11.1 Å². The molecule has 0 unspecified atom stereocenters. The van der Waals surface area contributed by atoms with Crippen LogP contribution in [0.4, 0.5) is 0 Å². The maximum Gasteiger partial charge on any atom is 0.175 e. The first-order valence-electron chi connectivity index (χ1n) is 7.00. The van der Waals surface area contributed by atoms with Crippen LogP contribution in [0.25, 0.3) is 0 Å². The Morgan fingerprint density at radius 1 is 1.10 bits per heavy atom.